The molecule has 1 N–H and O–H groups in total. The van der Waals surface area contributed by atoms with Crippen LogP contribution in [0.25, 0.3) is 0 Å². The van der Waals surface area contributed by atoms with Crippen molar-refractivity contribution in [2.24, 2.45) is 0 Å². The van der Waals surface area contributed by atoms with Crippen LogP contribution < -0.4 is 29.0 Å². The van der Waals surface area contributed by atoms with E-state index in [0.29, 0.717) is 34.2 Å². The highest BCUT2D eigenvalue weighted by atomic mass is 16.5. The average Bonchev–Trinajstić information content (AvgIpc) is 2.71. The predicted molar refractivity (Wildman–Crippen MR) is 108 cm³/mol. The van der Waals surface area contributed by atoms with Crippen LogP contribution in [0.15, 0.2) is 24.3 Å². The number of nitrogens with one attached hydrogen (secondary N) is 1. The molecule has 0 heterocycles. The zero-order valence-corrected chi connectivity index (χ0v) is 17.4. The maximum absolute atomic E-state index is 12.7. The molecule has 0 aliphatic carbocycles. The number of carbonyl (C=O) groups excluding carboxylic acids is 2. The number of ketones is 1. The van der Waals surface area contributed by atoms with Crippen molar-refractivity contribution in [3.63, 3.8) is 0 Å². The van der Waals surface area contributed by atoms with E-state index in [4.69, 9.17) is 23.7 Å². The van der Waals surface area contributed by atoms with Crippen LogP contribution in [0.2, 0.25) is 0 Å². The zero-order valence-electron chi connectivity index (χ0n) is 17.4. The quantitative estimate of drug-likeness (QED) is 0.643. The Labute approximate surface area is 169 Å². The molecule has 8 nitrogen and oxygen atoms in total. The molecule has 2 aromatic carbocycles. The van der Waals surface area contributed by atoms with Crippen LogP contribution in [-0.2, 0) is 11.2 Å². The van der Waals surface area contributed by atoms with E-state index in [2.05, 4.69) is 5.32 Å². The number of ether oxygens (including phenoxy) is 5. The van der Waals surface area contributed by atoms with Crippen molar-refractivity contribution in [1.82, 2.24) is 0 Å². The summed E-state index contributed by atoms with van der Waals surface area (Å²) in [5.74, 6) is 1.43. The highest BCUT2D eigenvalue weighted by Gasteiger charge is 2.21. The van der Waals surface area contributed by atoms with Crippen molar-refractivity contribution in [3.8, 4) is 28.7 Å². The van der Waals surface area contributed by atoms with Gasteiger partial charge in [-0.1, -0.05) is 0 Å². The van der Waals surface area contributed by atoms with Gasteiger partial charge < -0.3 is 29.0 Å². The van der Waals surface area contributed by atoms with Gasteiger partial charge in [0, 0.05) is 0 Å². The maximum Gasteiger partial charge on any atom is 0.228 e. The van der Waals surface area contributed by atoms with Gasteiger partial charge in [0.1, 0.15) is 0 Å². The smallest absolute Gasteiger partial charge is 0.228 e. The fourth-order valence-electron chi connectivity index (χ4n) is 3.00. The van der Waals surface area contributed by atoms with Gasteiger partial charge in [-0.3, -0.25) is 9.59 Å². The summed E-state index contributed by atoms with van der Waals surface area (Å²) < 4.78 is 26.5. The summed E-state index contributed by atoms with van der Waals surface area (Å²) in [5, 5.41) is 2.76. The SMILES string of the molecule is COc1cc(CC(=O)Nc2ccc(OC)c(OC)c2C(C)=O)cc(OC)c1OC. The third-order valence-corrected chi connectivity index (χ3v) is 4.26. The summed E-state index contributed by atoms with van der Waals surface area (Å²) in [6.45, 7) is 1.39. The number of anilines is 1. The van der Waals surface area contributed by atoms with E-state index in [1.807, 2.05) is 0 Å². The van der Waals surface area contributed by atoms with Gasteiger partial charge in [-0.05, 0) is 36.8 Å². The fraction of sp³-hybridized carbons (Fsp3) is 0.333. The van der Waals surface area contributed by atoms with Crippen LogP contribution in [0.1, 0.15) is 22.8 Å². The minimum atomic E-state index is -0.325. The monoisotopic (exact) mass is 403 g/mol. The molecule has 8 heteroatoms. The van der Waals surface area contributed by atoms with Gasteiger partial charge in [-0.2, -0.15) is 0 Å². The van der Waals surface area contributed by atoms with Crippen LogP contribution in [0.4, 0.5) is 5.69 Å². The molecular formula is C21H25NO7. The molecule has 0 saturated heterocycles. The third-order valence-electron chi connectivity index (χ3n) is 4.26. The second-order valence-electron chi connectivity index (χ2n) is 6.04. The molecule has 0 aromatic heterocycles. The lowest BCUT2D eigenvalue weighted by Gasteiger charge is -2.16. The molecule has 0 spiro atoms. The molecule has 0 atom stereocenters. The van der Waals surface area contributed by atoms with Crippen LogP contribution in [0, 0.1) is 0 Å². The van der Waals surface area contributed by atoms with Gasteiger partial charge in [0.25, 0.3) is 0 Å². The number of Topliss-reactive ketones (excluding diaryl/α,β-unsaturated/α-hetero) is 1. The molecule has 0 aliphatic rings. The normalized spacial score (nSPS) is 10.1. The average molecular weight is 403 g/mol. The van der Waals surface area contributed by atoms with E-state index in [0.717, 1.165) is 0 Å². The molecule has 0 fully saturated rings. The number of rotatable bonds is 9. The highest BCUT2D eigenvalue weighted by molar-refractivity contribution is 6.06. The van der Waals surface area contributed by atoms with Gasteiger partial charge in [-0.25, -0.2) is 0 Å². The summed E-state index contributed by atoms with van der Waals surface area (Å²) in [6, 6.07) is 6.62. The molecule has 0 radical (unpaired) electrons. The highest BCUT2D eigenvalue weighted by Crippen LogP contribution is 2.39. The molecule has 29 heavy (non-hydrogen) atoms. The molecule has 0 bridgehead atoms. The van der Waals surface area contributed by atoms with Crippen molar-refractivity contribution >= 4 is 17.4 Å². The summed E-state index contributed by atoms with van der Waals surface area (Å²) in [4.78, 5) is 24.8. The lowest BCUT2D eigenvalue weighted by atomic mass is 10.1. The first-order chi connectivity index (χ1) is 13.9. The summed E-state index contributed by atoms with van der Waals surface area (Å²) >= 11 is 0. The Morgan fingerprint density at radius 1 is 0.793 bits per heavy atom. The Bertz CT molecular complexity index is 883. The summed E-state index contributed by atoms with van der Waals surface area (Å²) in [5.41, 5.74) is 1.24. The van der Waals surface area contributed by atoms with E-state index < -0.39 is 0 Å². The van der Waals surface area contributed by atoms with Crippen molar-refractivity contribution in [2.45, 2.75) is 13.3 Å². The van der Waals surface area contributed by atoms with Crippen LogP contribution >= 0.6 is 0 Å². The van der Waals surface area contributed by atoms with E-state index in [1.54, 1.807) is 24.3 Å². The minimum absolute atomic E-state index is 0.0302. The molecule has 2 rings (SSSR count). The molecule has 156 valence electrons. The number of amides is 1. The molecule has 0 saturated carbocycles. The van der Waals surface area contributed by atoms with E-state index >= 15 is 0 Å². The van der Waals surface area contributed by atoms with Crippen molar-refractivity contribution in [2.75, 3.05) is 40.9 Å². The third kappa shape index (κ3) is 4.71. The first-order valence-electron chi connectivity index (χ1n) is 8.74. The zero-order chi connectivity index (χ0) is 21.6. The Morgan fingerprint density at radius 3 is 1.79 bits per heavy atom. The minimum Gasteiger partial charge on any atom is -0.493 e. The van der Waals surface area contributed by atoms with Gasteiger partial charge in [0.15, 0.2) is 28.8 Å². The van der Waals surface area contributed by atoms with Crippen LogP contribution in [0.3, 0.4) is 0 Å². The van der Waals surface area contributed by atoms with Gasteiger partial charge in [-0.15, -0.1) is 0 Å². The predicted octanol–water partition coefficient (Wildman–Crippen LogP) is 3.11. The summed E-state index contributed by atoms with van der Waals surface area (Å²) in [7, 11) is 7.43. The van der Waals surface area contributed by atoms with Crippen molar-refractivity contribution in [3.05, 3.63) is 35.4 Å². The fourth-order valence-corrected chi connectivity index (χ4v) is 3.00. The first-order valence-corrected chi connectivity index (χ1v) is 8.74. The maximum atomic E-state index is 12.7. The first kappa shape index (κ1) is 21.9. The van der Waals surface area contributed by atoms with Crippen LogP contribution in [-0.4, -0.2) is 47.2 Å². The Morgan fingerprint density at radius 2 is 1.34 bits per heavy atom. The lowest BCUT2D eigenvalue weighted by Crippen LogP contribution is -2.17. The van der Waals surface area contributed by atoms with Gasteiger partial charge >= 0.3 is 0 Å². The van der Waals surface area contributed by atoms with Crippen molar-refractivity contribution in [1.29, 1.82) is 0 Å². The van der Waals surface area contributed by atoms with Crippen molar-refractivity contribution < 1.29 is 33.3 Å². The van der Waals surface area contributed by atoms with Gasteiger partial charge in [0.2, 0.25) is 11.7 Å². The second-order valence-corrected chi connectivity index (χ2v) is 6.04. The molecule has 1 amide bonds. The number of hydrogen-bond donors (Lipinski definition) is 1. The Hall–Kier alpha value is -3.42. The number of methoxy groups -OCH3 is 5. The van der Waals surface area contributed by atoms with Crippen LogP contribution in [0.5, 0.6) is 28.7 Å². The molecule has 0 unspecified atom stereocenters. The molecule has 0 aliphatic heterocycles. The second kappa shape index (κ2) is 9.68. The number of hydrogen-bond acceptors (Lipinski definition) is 7. The largest absolute Gasteiger partial charge is 0.493 e. The topological polar surface area (TPSA) is 92.3 Å². The van der Waals surface area contributed by atoms with E-state index in [1.165, 1.54) is 42.5 Å². The molecule has 2 aromatic rings. The standard InChI is InChI=1S/C21H25NO7/c1-12(23)19-14(7-8-15(25-2)21(19)29-6)22-18(24)11-13-9-16(26-3)20(28-5)17(10-13)27-4/h7-10H,11H2,1-6H3,(H,22,24). The van der Waals surface area contributed by atoms with E-state index in [9.17, 15) is 9.59 Å². The number of benzene rings is 2. The Kier molecular flexibility index (Phi) is 7.30. The lowest BCUT2D eigenvalue weighted by molar-refractivity contribution is -0.115. The molecular weight excluding hydrogens is 378 g/mol. The van der Waals surface area contributed by atoms with E-state index in [-0.39, 0.29) is 29.4 Å². The summed E-state index contributed by atoms with van der Waals surface area (Å²) in [6.07, 6.45) is 0.0302. The Balaban J connectivity index is 2.34. The van der Waals surface area contributed by atoms with Gasteiger partial charge in [0.05, 0.1) is 53.2 Å². The number of carbonyl (C=O) groups is 2.